The second kappa shape index (κ2) is 6.76. The molecule has 7 nitrogen and oxygen atoms in total. The van der Waals surface area contributed by atoms with Crippen LogP contribution in [0.5, 0.6) is 5.75 Å². The zero-order valence-electron chi connectivity index (χ0n) is 15.8. The van der Waals surface area contributed by atoms with Crippen LogP contribution in [0.2, 0.25) is 5.02 Å². The van der Waals surface area contributed by atoms with Gasteiger partial charge in [-0.25, -0.2) is 13.4 Å². The Balaban J connectivity index is 1.93. The number of halogens is 1. The fourth-order valence-corrected chi connectivity index (χ4v) is 3.30. The molecule has 0 fully saturated rings. The number of aromatic nitrogens is 4. The third kappa shape index (κ3) is 4.06. The molecular weight excluding hydrogens is 388 g/mol. The Morgan fingerprint density at radius 1 is 1.26 bits per heavy atom. The third-order valence-electron chi connectivity index (χ3n) is 4.14. The van der Waals surface area contributed by atoms with Gasteiger partial charge in [-0.1, -0.05) is 32.4 Å². The Kier molecular flexibility index (Phi) is 4.90. The lowest BCUT2D eigenvalue weighted by Gasteiger charge is -2.23. The van der Waals surface area contributed by atoms with Crippen LogP contribution < -0.4 is 4.74 Å². The summed E-state index contributed by atoms with van der Waals surface area (Å²) in [5, 5.41) is 8.00. The lowest BCUT2D eigenvalue weighted by molar-refractivity contribution is 0.294. The second-order valence-corrected chi connectivity index (χ2v) is 9.81. The molecule has 1 aromatic carbocycles. The van der Waals surface area contributed by atoms with E-state index in [0.717, 1.165) is 23.1 Å². The first-order chi connectivity index (χ1) is 12.5. The van der Waals surface area contributed by atoms with Crippen LogP contribution in [0.4, 0.5) is 0 Å². The van der Waals surface area contributed by atoms with Gasteiger partial charge in [-0.2, -0.15) is 10.1 Å². The molecule has 0 atom stereocenters. The van der Waals surface area contributed by atoms with Crippen LogP contribution in [-0.2, 0) is 21.9 Å². The highest BCUT2D eigenvalue weighted by molar-refractivity contribution is 7.90. The van der Waals surface area contributed by atoms with Gasteiger partial charge in [0.15, 0.2) is 5.65 Å². The molecule has 0 bridgehead atoms. The summed E-state index contributed by atoms with van der Waals surface area (Å²) in [5.41, 5.74) is 2.72. The molecule has 3 rings (SSSR count). The molecule has 0 unspecified atom stereocenters. The number of hydrogen-bond donors (Lipinski definition) is 1. The van der Waals surface area contributed by atoms with Gasteiger partial charge in [-0.05, 0) is 30.0 Å². The summed E-state index contributed by atoms with van der Waals surface area (Å²) >= 11 is 6.28. The number of nitrogens with one attached hydrogen (secondary N) is 1. The summed E-state index contributed by atoms with van der Waals surface area (Å²) in [5.74, 6) is 0.731. The highest BCUT2D eigenvalue weighted by Gasteiger charge is 2.21. The lowest BCUT2D eigenvalue weighted by Crippen LogP contribution is -2.14. The zero-order valence-corrected chi connectivity index (χ0v) is 17.4. The van der Waals surface area contributed by atoms with E-state index in [1.54, 1.807) is 0 Å². The van der Waals surface area contributed by atoms with Crippen molar-refractivity contribution in [1.82, 2.24) is 20.2 Å². The van der Waals surface area contributed by atoms with Crippen molar-refractivity contribution >= 4 is 32.5 Å². The molecular formula is C18H21ClN4O3S. The van der Waals surface area contributed by atoms with Gasteiger partial charge in [0.25, 0.3) is 0 Å². The van der Waals surface area contributed by atoms with Crippen LogP contribution in [0.3, 0.4) is 0 Å². The van der Waals surface area contributed by atoms with Gasteiger partial charge in [0, 0.05) is 23.0 Å². The Bertz CT molecular complexity index is 1120. The first kappa shape index (κ1) is 19.6. The van der Waals surface area contributed by atoms with Crippen LogP contribution in [0.15, 0.2) is 23.5 Å². The van der Waals surface area contributed by atoms with Gasteiger partial charge >= 0.3 is 0 Å². The molecule has 2 heterocycles. The number of benzene rings is 1. The predicted octanol–water partition coefficient (Wildman–Crippen LogP) is 3.59. The van der Waals surface area contributed by atoms with Crippen LogP contribution in [0.1, 0.15) is 37.6 Å². The molecule has 144 valence electrons. The van der Waals surface area contributed by atoms with Gasteiger partial charge in [0.1, 0.15) is 18.1 Å². The Labute approximate surface area is 163 Å². The fourth-order valence-electron chi connectivity index (χ4n) is 2.64. The van der Waals surface area contributed by atoms with Gasteiger partial charge in [0.2, 0.25) is 15.0 Å². The maximum absolute atomic E-state index is 11.6. The summed E-state index contributed by atoms with van der Waals surface area (Å²) in [6.45, 7) is 8.37. The first-order valence-corrected chi connectivity index (χ1v) is 10.6. The van der Waals surface area contributed by atoms with E-state index in [1.807, 2.05) is 19.1 Å². The minimum Gasteiger partial charge on any atom is -0.487 e. The Morgan fingerprint density at radius 2 is 1.96 bits per heavy atom. The minimum absolute atomic E-state index is 0.145. The molecule has 27 heavy (non-hydrogen) atoms. The number of H-pyrrole nitrogens is 1. The number of fused-ring (bicyclic) bond motifs is 1. The molecule has 0 aliphatic carbocycles. The number of sulfone groups is 1. The fraction of sp³-hybridized carbons (Fsp3) is 0.389. The number of aromatic amines is 1. The maximum Gasteiger partial charge on any atom is 0.248 e. The van der Waals surface area contributed by atoms with Crippen molar-refractivity contribution in [3.05, 3.63) is 40.2 Å². The molecule has 9 heteroatoms. The number of hydrogen-bond acceptors (Lipinski definition) is 6. The van der Waals surface area contributed by atoms with Crippen molar-refractivity contribution in [3.8, 4) is 5.75 Å². The van der Waals surface area contributed by atoms with E-state index < -0.39 is 9.84 Å². The topological polar surface area (TPSA) is 97.8 Å². The Morgan fingerprint density at radius 3 is 2.59 bits per heavy atom. The third-order valence-corrected chi connectivity index (χ3v) is 5.41. The zero-order chi connectivity index (χ0) is 20.0. The van der Waals surface area contributed by atoms with Gasteiger partial charge in [0.05, 0.1) is 5.39 Å². The van der Waals surface area contributed by atoms with Gasteiger partial charge in [-0.15, -0.1) is 0 Å². The SMILES string of the molecule is Cc1cc(OCc2n[nH]c3nc(S(C)(=O)=O)ncc23)c(C(C)(C)C)cc1Cl. The first-order valence-electron chi connectivity index (χ1n) is 8.30. The summed E-state index contributed by atoms with van der Waals surface area (Å²) in [4.78, 5) is 7.93. The lowest BCUT2D eigenvalue weighted by atomic mass is 9.86. The smallest absolute Gasteiger partial charge is 0.248 e. The van der Waals surface area contributed by atoms with E-state index in [2.05, 4.69) is 40.9 Å². The molecule has 0 saturated heterocycles. The highest BCUT2D eigenvalue weighted by Crippen LogP contribution is 2.36. The van der Waals surface area contributed by atoms with Crippen LogP contribution >= 0.6 is 11.6 Å². The van der Waals surface area contributed by atoms with Crippen molar-refractivity contribution < 1.29 is 13.2 Å². The van der Waals surface area contributed by atoms with E-state index >= 15 is 0 Å². The summed E-state index contributed by atoms with van der Waals surface area (Å²) < 4.78 is 29.2. The molecule has 0 aliphatic rings. The standard InChI is InChI=1S/C18H21ClN4O3S/c1-10-6-15(12(7-13(10)19)18(2,3)4)26-9-14-11-8-20-17(27(5,24)25)21-16(11)23-22-14/h6-8H,9H2,1-5H3,(H,20,21,22,23). The number of nitrogens with zero attached hydrogens (tertiary/aromatic N) is 3. The highest BCUT2D eigenvalue weighted by atomic mass is 35.5. The second-order valence-electron chi connectivity index (χ2n) is 7.49. The number of rotatable bonds is 4. The van der Waals surface area contributed by atoms with Gasteiger partial charge < -0.3 is 4.74 Å². The normalized spacial score (nSPS) is 12.5. The molecule has 1 N–H and O–H groups in total. The van der Waals surface area contributed by atoms with E-state index in [4.69, 9.17) is 16.3 Å². The minimum atomic E-state index is -3.48. The van der Waals surface area contributed by atoms with Crippen molar-refractivity contribution in [3.63, 3.8) is 0 Å². The number of aryl methyl sites for hydroxylation is 1. The average Bonchev–Trinajstić information content (AvgIpc) is 2.96. The van der Waals surface area contributed by atoms with E-state index in [-0.39, 0.29) is 17.2 Å². The summed E-state index contributed by atoms with van der Waals surface area (Å²) in [7, 11) is -3.48. The number of ether oxygens (including phenoxy) is 1. The quantitative estimate of drug-likeness (QED) is 0.662. The average molecular weight is 409 g/mol. The largest absolute Gasteiger partial charge is 0.487 e. The maximum atomic E-state index is 11.6. The van der Waals surface area contributed by atoms with Crippen LogP contribution in [0.25, 0.3) is 11.0 Å². The predicted molar refractivity (Wildman–Crippen MR) is 104 cm³/mol. The van der Waals surface area contributed by atoms with E-state index in [1.165, 1.54) is 6.20 Å². The van der Waals surface area contributed by atoms with Crippen LogP contribution in [0, 0.1) is 6.92 Å². The van der Waals surface area contributed by atoms with Crippen molar-refractivity contribution in [1.29, 1.82) is 0 Å². The van der Waals surface area contributed by atoms with E-state index in [9.17, 15) is 8.42 Å². The van der Waals surface area contributed by atoms with Crippen LogP contribution in [-0.4, -0.2) is 34.8 Å². The summed E-state index contributed by atoms with van der Waals surface area (Å²) in [6.07, 6.45) is 2.50. The molecule has 0 spiro atoms. The van der Waals surface area contributed by atoms with E-state index in [0.29, 0.717) is 21.7 Å². The van der Waals surface area contributed by atoms with Gasteiger partial charge in [-0.3, -0.25) is 5.10 Å². The Hall–Kier alpha value is -2.19. The molecule has 0 aliphatic heterocycles. The molecule has 0 saturated carbocycles. The van der Waals surface area contributed by atoms with Crippen molar-refractivity contribution in [2.75, 3.05) is 6.26 Å². The molecule has 0 amide bonds. The molecule has 3 aromatic rings. The van der Waals surface area contributed by atoms with Crippen molar-refractivity contribution in [2.24, 2.45) is 0 Å². The summed E-state index contributed by atoms with van der Waals surface area (Å²) in [6, 6.07) is 3.84. The van der Waals surface area contributed by atoms with Crippen molar-refractivity contribution in [2.45, 2.75) is 44.9 Å². The molecule has 2 aromatic heterocycles. The molecule has 0 radical (unpaired) electrons. The monoisotopic (exact) mass is 408 g/mol.